The summed E-state index contributed by atoms with van der Waals surface area (Å²) in [7, 11) is 1.28. The number of alkyl halides is 2. The van der Waals surface area contributed by atoms with Crippen LogP contribution in [0, 0.1) is 17.0 Å². The Morgan fingerprint density at radius 3 is 2.52 bits per heavy atom. The van der Waals surface area contributed by atoms with Gasteiger partial charge in [-0.1, -0.05) is 12.1 Å². The minimum absolute atomic E-state index is 0.0557. The van der Waals surface area contributed by atoms with Crippen LogP contribution in [0.1, 0.15) is 11.1 Å². The largest absolute Gasteiger partial charge is 0.493 e. The summed E-state index contributed by atoms with van der Waals surface area (Å²) in [5.74, 6) is -1.11. The van der Waals surface area contributed by atoms with Crippen molar-refractivity contribution >= 4 is 17.7 Å². The van der Waals surface area contributed by atoms with Gasteiger partial charge in [-0.15, -0.1) is 0 Å². The number of esters is 1. The maximum absolute atomic E-state index is 12.3. The summed E-state index contributed by atoms with van der Waals surface area (Å²) in [6.07, 6.45) is 2.40. The van der Waals surface area contributed by atoms with E-state index in [4.69, 9.17) is 9.47 Å². The van der Waals surface area contributed by atoms with Crippen molar-refractivity contribution in [2.24, 2.45) is 0 Å². The lowest BCUT2D eigenvalue weighted by Crippen LogP contribution is -2.06. The van der Waals surface area contributed by atoms with Gasteiger partial charge in [-0.2, -0.15) is 8.78 Å². The van der Waals surface area contributed by atoms with Crippen molar-refractivity contribution in [2.45, 2.75) is 13.5 Å². The monoisotopic (exact) mass is 379 g/mol. The van der Waals surface area contributed by atoms with E-state index in [-0.39, 0.29) is 22.9 Å². The molecule has 27 heavy (non-hydrogen) atoms. The number of hydrogen-bond acceptors (Lipinski definition) is 6. The van der Waals surface area contributed by atoms with Gasteiger partial charge in [0.15, 0.2) is 11.5 Å². The van der Waals surface area contributed by atoms with Gasteiger partial charge in [-0.3, -0.25) is 10.1 Å². The molecular weight excluding hydrogens is 364 g/mol. The van der Waals surface area contributed by atoms with Crippen LogP contribution >= 0.6 is 0 Å². The second kappa shape index (κ2) is 8.75. The van der Waals surface area contributed by atoms with E-state index in [0.717, 1.165) is 6.08 Å². The van der Waals surface area contributed by atoms with Crippen molar-refractivity contribution < 1.29 is 32.7 Å². The van der Waals surface area contributed by atoms with E-state index >= 15 is 0 Å². The molecule has 142 valence electrons. The normalized spacial score (nSPS) is 10.9. The van der Waals surface area contributed by atoms with E-state index < -0.39 is 17.5 Å². The standard InChI is InChI=1S/C18H15F2NO6/c1-11-3-6-13(21(23)24)15(9-11)26-17(22)8-5-12-4-7-14(27-18(19)20)16(10-12)25-2/h3-10,18H,1-2H3/b8-5+. The number of nitro groups is 1. The van der Waals surface area contributed by atoms with Crippen molar-refractivity contribution in [3.8, 4) is 17.2 Å². The summed E-state index contributed by atoms with van der Waals surface area (Å²) in [6.45, 7) is -1.30. The first-order chi connectivity index (χ1) is 12.8. The van der Waals surface area contributed by atoms with Crippen LogP contribution in [0.3, 0.4) is 0 Å². The highest BCUT2D eigenvalue weighted by molar-refractivity contribution is 5.89. The number of halogens is 2. The summed E-state index contributed by atoms with van der Waals surface area (Å²) >= 11 is 0. The van der Waals surface area contributed by atoms with Gasteiger partial charge in [-0.05, 0) is 42.3 Å². The SMILES string of the molecule is COc1cc(/C=C/C(=O)Oc2cc(C)ccc2[N+](=O)[O-])ccc1OC(F)F. The number of rotatable bonds is 7. The highest BCUT2D eigenvalue weighted by Crippen LogP contribution is 2.30. The van der Waals surface area contributed by atoms with E-state index in [0.29, 0.717) is 11.1 Å². The number of aryl methyl sites for hydroxylation is 1. The molecule has 2 aromatic rings. The average molecular weight is 379 g/mol. The molecule has 0 aliphatic carbocycles. The minimum atomic E-state index is -3.00. The molecular formula is C18H15F2NO6. The lowest BCUT2D eigenvalue weighted by atomic mass is 10.2. The molecule has 0 spiro atoms. The number of nitrogens with zero attached hydrogens (tertiary/aromatic N) is 1. The van der Waals surface area contributed by atoms with Crippen LogP contribution in [-0.2, 0) is 4.79 Å². The average Bonchev–Trinajstić information content (AvgIpc) is 2.60. The number of methoxy groups -OCH3 is 1. The lowest BCUT2D eigenvalue weighted by molar-refractivity contribution is -0.385. The second-order valence-electron chi connectivity index (χ2n) is 5.27. The maximum Gasteiger partial charge on any atom is 0.387 e. The Morgan fingerprint density at radius 2 is 1.89 bits per heavy atom. The zero-order chi connectivity index (χ0) is 20.0. The lowest BCUT2D eigenvalue weighted by Gasteiger charge is -2.10. The van der Waals surface area contributed by atoms with Gasteiger partial charge < -0.3 is 14.2 Å². The molecule has 0 fully saturated rings. The molecule has 0 atom stereocenters. The molecule has 7 nitrogen and oxygen atoms in total. The molecule has 2 aromatic carbocycles. The Kier molecular flexibility index (Phi) is 6.42. The number of hydrogen-bond donors (Lipinski definition) is 0. The molecule has 0 saturated carbocycles. The van der Waals surface area contributed by atoms with E-state index in [1.54, 1.807) is 6.92 Å². The van der Waals surface area contributed by atoms with Gasteiger partial charge in [0.2, 0.25) is 5.75 Å². The number of ether oxygens (including phenoxy) is 3. The van der Waals surface area contributed by atoms with Gasteiger partial charge in [0, 0.05) is 12.1 Å². The highest BCUT2D eigenvalue weighted by Gasteiger charge is 2.17. The fourth-order valence-electron chi connectivity index (χ4n) is 2.14. The minimum Gasteiger partial charge on any atom is -0.493 e. The Hall–Kier alpha value is -3.49. The molecule has 0 unspecified atom stereocenters. The first-order valence-corrected chi connectivity index (χ1v) is 7.58. The smallest absolute Gasteiger partial charge is 0.387 e. The molecule has 0 bridgehead atoms. The van der Waals surface area contributed by atoms with Crippen LogP contribution < -0.4 is 14.2 Å². The molecule has 9 heteroatoms. The van der Waals surface area contributed by atoms with E-state index in [1.807, 2.05) is 0 Å². The Morgan fingerprint density at radius 1 is 1.15 bits per heavy atom. The summed E-state index contributed by atoms with van der Waals surface area (Å²) in [5, 5.41) is 11.0. The highest BCUT2D eigenvalue weighted by atomic mass is 19.3. The molecule has 0 radical (unpaired) electrons. The molecule has 2 rings (SSSR count). The molecule has 0 heterocycles. The van der Waals surface area contributed by atoms with Crippen LogP contribution in [-0.4, -0.2) is 24.6 Å². The predicted octanol–water partition coefficient (Wildman–Crippen LogP) is 4.13. The van der Waals surface area contributed by atoms with Crippen molar-refractivity contribution in [1.29, 1.82) is 0 Å². The van der Waals surface area contributed by atoms with Gasteiger partial charge >= 0.3 is 18.3 Å². The first-order valence-electron chi connectivity index (χ1n) is 7.58. The number of benzene rings is 2. The van der Waals surface area contributed by atoms with Crippen LogP contribution in [0.4, 0.5) is 14.5 Å². The molecule has 0 N–H and O–H groups in total. The third-order valence-corrected chi connectivity index (χ3v) is 3.34. The molecule has 0 aromatic heterocycles. The van der Waals surface area contributed by atoms with Gasteiger partial charge in [0.25, 0.3) is 0 Å². The van der Waals surface area contributed by atoms with Gasteiger partial charge in [0.05, 0.1) is 12.0 Å². The molecule has 0 amide bonds. The third kappa shape index (κ3) is 5.50. The van der Waals surface area contributed by atoms with Crippen molar-refractivity contribution in [3.05, 3.63) is 63.7 Å². The second-order valence-corrected chi connectivity index (χ2v) is 5.27. The molecule has 0 aliphatic heterocycles. The predicted molar refractivity (Wildman–Crippen MR) is 92.1 cm³/mol. The van der Waals surface area contributed by atoms with E-state index in [9.17, 15) is 23.7 Å². The fraction of sp³-hybridized carbons (Fsp3) is 0.167. The Bertz CT molecular complexity index is 882. The molecule has 0 saturated heterocycles. The summed E-state index contributed by atoms with van der Waals surface area (Å²) < 4.78 is 38.9. The van der Waals surface area contributed by atoms with E-state index in [1.165, 1.54) is 49.6 Å². The Labute approximate surface area is 152 Å². The topological polar surface area (TPSA) is 87.9 Å². The summed E-state index contributed by atoms with van der Waals surface area (Å²) in [5.41, 5.74) is 0.799. The first kappa shape index (κ1) is 19.8. The van der Waals surface area contributed by atoms with Crippen LogP contribution in [0.2, 0.25) is 0 Å². The number of nitro benzene ring substituents is 1. The van der Waals surface area contributed by atoms with Crippen LogP contribution in [0.25, 0.3) is 6.08 Å². The summed E-state index contributed by atoms with van der Waals surface area (Å²) in [4.78, 5) is 22.3. The van der Waals surface area contributed by atoms with Crippen molar-refractivity contribution in [2.75, 3.05) is 7.11 Å². The van der Waals surface area contributed by atoms with Gasteiger partial charge in [0.1, 0.15) is 0 Å². The van der Waals surface area contributed by atoms with E-state index in [2.05, 4.69) is 4.74 Å². The number of carbonyl (C=O) groups excluding carboxylic acids is 1. The van der Waals surface area contributed by atoms with Gasteiger partial charge in [-0.25, -0.2) is 4.79 Å². The Balaban J connectivity index is 2.15. The van der Waals surface area contributed by atoms with Crippen LogP contribution in [0.5, 0.6) is 17.2 Å². The van der Waals surface area contributed by atoms with Crippen molar-refractivity contribution in [3.63, 3.8) is 0 Å². The summed E-state index contributed by atoms with van der Waals surface area (Å²) in [6, 6.07) is 8.23. The number of carbonyl (C=O) groups is 1. The zero-order valence-corrected chi connectivity index (χ0v) is 14.3. The maximum atomic E-state index is 12.3. The fourth-order valence-corrected chi connectivity index (χ4v) is 2.14. The zero-order valence-electron chi connectivity index (χ0n) is 14.3. The van der Waals surface area contributed by atoms with Crippen molar-refractivity contribution in [1.82, 2.24) is 0 Å². The quantitative estimate of drug-likeness (QED) is 0.236. The van der Waals surface area contributed by atoms with Crippen LogP contribution in [0.15, 0.2) is 42.5 Å². The molecule has 0 aliphatic rings. The third-order valence-electron chi connectivity index (χ3n) is 3.34.